The predicted molar refractivity (Wildman–Crippen MR) is 94.8 cm³/mol. The van der Waals surface area contributed by atoms with Gasteiger partial charge in [-0.05, 0) is 18.2 Å². The van der Waals surface area contributed by atoms with E-state index >= 15 is 0 Å². The van der Waals surface area contributed by atoms with Crippen molar-refractivity contribution in [3.8, 4) is 12.3 Å². The van der Waals surface area contributed by atoms with Crippen molar-refractivity contribution in [2.45, 2.75) is 11.3 Å². The Morgan fingerprint density at radius 2 is 1.96 bits per heavy atom. The van der Waals surface area contributed by atoms with Crippen LogP contribution in [0.4, 0.5) is 0 Å². The molecule has 1 aliphatic rings. The van der Waals surface area contributed by atoms with Crippen molar-refractivity contribution in [2.24, 2.45) is 0 Å². The van der Waals surface area contributed by atoms with E-state index in [9.17, 15) is 18.0 Å². The van der Waals surface area contributed by atoms with Gasteiger partial charge in [-0.1, -0.05) is 12.0 Å². The molecule has 1 heterocycles. The molecule has 0 spiro atoms. The fraction of sp³-hybridized carbons (Fsp3) is 0.412. The maximum absolute atomic E-state index is 12.6. The molecule has 0 saturated carbocycles. The Balaban J connectivity index is 1.98. The lowest BCUT2D eigenvalue weighted by atomic mass is 10.2. The van der Waals surface area contributed by atoms with Crippen molar-refractivity contribution < 1.29 is 22.7 Å². The molecule has 1 saturated heterocycles. The first-order chi connectivity index (χ1) is 12.4. The second kappa shape index (κ2) is 9.33. The molecule has 1 fully saturated rings. The van der Waals surface area contributed by atoms with Crippen LogP contribution in [-0.4, -0.2) is 63.9 Å². The second-order valence-electron chi connectivity index (χ2n) is 5.53. The van der Waals surface area contributed by atoms with Crippen molar-refractivity contribution in [1.82, 2.24) is 14.9 Å². The number of ether oxygens (including phenoxy) is 1. The van der Waals surface area contributed by atoms with E-state index < -0.39 is 15.9 Å². The van der Waals surface area contributed by atoms with Crippen LogP contribution >= 0.6 is 0 Å². The van der Waals surface area contributed by atoms with Gasteiger partial charge in [-0.25, -0.2) is 8.42 Å². The van der Waals surface area contributed by atoms with Gasteiger partial charge in [-0.15, -0.1) is 6.42 Å². The topological polar surface area (TPSA) is 105 Å². The van der Waals surface area contributed by atoms with E-state index in [1.54, 1.807) is 0 Å². The van der Waals surface area contributed by atoms with Crippen LogP contribution in [0.15, 0.2) is 29.2 Å². The normalized spacial score (nSPS) is 15.0. The molecule has 26 heavy (non-hydrogen) atoms. The van der Waals surface area contributed by atoms with Crippen LogP contribution in [-0.2, 0) is 19.6 Å². The van der Waals surface area contributed by atoms with Crippen LogP contribution in [0.3, 0.4) is 0 Å². The molecule has 140 valence electrons. The van der Waals surface area contributed by atoms with Gasteiger partial charge in [-0.3, -0.25) is 9.59 Å². The third-order valence-electron chi connectivity index (χ3n) is 3.73. The number of morpholine rings is 1. The first kappa shape index (κ1) is 19.9. The summed E-state index contributed by atoms with van der Waals surface area (Å²) >= 11 is 0. The maximum atomic E-state index is 12.6. The summed E-state index contributed by atoms with van der Waals surface area (Å²) in [6.45, 7) is 1.52. The van der Waals surface area contributed by atoms with Crippen LogP contribution in [0.2, 0.25) is 0 Å². The van der Waals surface area contributed by atoms with Crippen molar-refractivity contribution >= 4 is 21.8 Å². The monoisotopic (exact) mass is 379 g/mol. The summed E-state index contributed by atoms with van der Waals surface area (Å²) in [6, 6.07) is 5.82. The number of rotatable bonds is 7. The van der Waals surface area contributed by atoms with E-state index in [0.29, 0.717) is 13.2 Å². The van der Waals surface area contributed by atoms with E-state index in [-0.39, 0.29) is 49.0 Å². The highest BCUT2D eigenvalue weighted by Gasteiger charge is 2.26. The first-order valence-electron chi connectivity index (χ1n) is 8.11. The summed E-state index contributed by atoms with van der Waals surface area (Å²) in [5, 5.41) is 5.07. The largest absolute Gasteiger partial charge is 0.379 e. The van der Waals surface area contributed by atoms with E-state index in [0.717, 1.165) is 0 Å². The smallest absolute Gasteiger partial charge is 0.251 e. The summed E-state index contributed by atoms with van der Waals surface area (Å²) in [6.07, 6.45) is 5.12. The average Bonchev–Trinajstić information content (AvgIpc) is 2.67. The SMILES string of the molecule is C#CCNC(=O)CCNC(=O)c1cccc(S(=O)(=O)N2CCOCC2)c1. The zero-order valence-corrected chi connectivity index (χ0v) is 15.0. The number of sulfonamides is 1. The first-order valence-corrected chi connectivity index (χ1v) is 9.55. The van der Waals surface area contributed by atoms with Crippen LogP contribution in [0, 0.1) is 12.3 Å². The van der Waals surface area contributed by atoms with Gasteiger partial charge >= 0.3 is 0 Å². The van der Waals surface area contributed by atoms with E-state index in [1.807, 2.05) is 0 Å². The minimum Gasteiger partial charge on any atom is -0.379 e. The number of nitrogens with one attached hydrogen (secondary N) is 2. The van der Waals surface area contributed by atoms with Gasteiger partial charge in [0, 0.05) is 31.6 Å². The lowest BCUT2D eigenvalue weighted by Gasteiger charge is -2.26. The number of terminal acetylenes is 1. The van der Waals surface area contributed by atoms with Gasteiger partial charge < -0.3 is 15.4 Å². The van der Waals surface area contributed by atoms with Gasteiger partial charge in [0.1, 0.15) is 0 Å². The number of benzene rings is 1. The highest BCUT2D eigenvalue weighted by Crippen LogP contribution is 2.18. The standard InChI is InChI=1S/C17H21N3O5S/c1-2-7-18-16(21)6-8-19-17(22)14-4-3-5-15(13-14)26(23,24)20-9-11-25-12-10-20/h1,3-5,13H,6-12H2,(H,18,21)(H,19,22). The summed E-state index contributed by atoms with van der Waals surface area (Å²) in [5.74, 6) is 1.56. The molecule has 0 atom stereocenters. The Kier molecular flexibility index (Phi) is 7.15. The molecule has 0 aromatic heterocycles. The fourth-order valence-corrected chi connectivity index (χ4v) is 3.82. The summed E-state index contributed by atoms with van der Waals surface area (Å²) < 4.78 is 31.8. The zero-order valence-electron chi connectivity index (χ0n) is 14.2. The highest BCUT2D eigenvalue weighted by atomic mass is 32.2. The van der Waals surface area contributed by atoms with E-state index in [1.165, 1.54) is 28.6 Å². The van der Waals surface area contributed by atoms with Crippen LogP contribution in [0.25, 0.3) is 0 Å². The minimum absolute atomic E-state index is 0.0545. The molecule has 1 aliphatic heterocycles. The molecule has 0 radical (unpaired) electrons. The maximum Gasteiger partial charge on any atom is 0.251 e. The molecule has 9 heteroatoms. The van der Waals surface area contributed by atoms with E-state index in [4.69, 9.17) is 11.2 Å². The Bertz CT molecular complexity index is 795. The predicted octanol–water partition coefficient (Wildman–Crippen LogP) is -0.423. The van der Waals surface area contributed by atoms with Crippen molar-refractivity contribution in [3.63, 3.8) is 0 Å². The summed E-state index contributed by atoms with van der Waals surface area (Å²) in [5.41, 5.74) is 0.211. The van der Waals surface area contributed by atoms with Crippen molar-refractivity contribution in [1.29, 1.82) is 0 Å². The summed E-state index contributed by atoms with van der Waals surface area (Å²) in [7, 11) is -3.67. The van der Waals surface area contributed by atoms with Gasteiger partial charge in [0.05, 0.1) is 24.7 Å². The molecule has 0 bridgehead atoms. The third kappa shape index (κ3) is 5.29. The van der Waals surface area contributed by atoms with Gasteiger partial charge in [0.25, 0.3) is 5.91 Å². The van der Waals surface area contributed by atoms with Crippen molar-refractivity contribution in [3.05, 3.63) is 29.8 Å². The Hall–Kier alpha value is -2.41. The van der Waals surface area contributed by atoms with Gasteiger partial charge in [-0.2, -0.15) is 4.31 Å². The Labute approximate surface area is 152 Å². The van der Waals surface area contributed by atoms with Crippen LogP contribution < -0.4 is 10.6 Å². The number of nitrogens with zero attached hydrogens (tertiary/aromatic N) is 1. The average molecular weight is 379 g/mol. The minimum atomic E-state index is -3.67. The number of hydrogen-bond donors (Lipinski definition) is 2. The molecule has 0 aliphatic carbocycles. The lowest BCUT2D eigenvalue weighted by Crippen LogP contribution is -2.40. The number of hydrogen-bond acceptors (Lipinski definition) is 5. The Morgan fingerprint density at radius 1 is 1.23 bits per heavy atom. The third-order valence-corrected chi connectivity index (χ3v) is 5.62. The molecule has 1 aromatic rings. The molecule has 1 aromatic carbocycles. The molecule has 2 amide bonds. The molecule has 2 rings (SSSR count). The van der Waals surface area contributed by atoms with Gasteiger partial charge in [0.2, 0.25) is 15.9 Å². The molecular weight excluding hydrogens is 358 g/mol. The molecule has 2 N–H and O–H groups in total. The fourth-order valence-electron chi connectivity index (χ4n) is 2.36. The van der Waals surface area contributed by atoms with E-state index in [2.05, 4.69) is 16.6 Å². The molecule has 8 nitrogen and oxygen atoms in total. The quantitative estimate of drug-likeness (QED) is 0.626. The van der Waals surface area contributed by atoms with Crippen molar-refractivity contribution in [2.75, 3.05) is 39.4 Å². The summed E-state index contributed by atoms with van der Waals surface area (Å²) in [4.78, 5) is 23.7. The molecular formula is C17H21N3O5S. The zero-order chi connectivity index (χ0) is 19.0. The molecule has 0 unspecified atom stereocenters. The van der Waals surface area contributed by atoms with Crippen LogP contribution in [0.5, 0.6) is 0 Å². The van der Waals surface area contributed by atoms with Gasteiger partial charge in [0.15, 0.2) is 0 Å². The Morgan fingerprint density at radius 3 is 2.65 bits per heavy atom. The van der Waals surface area contributed by atoms with Crippen LogP contribution in [0.1, 0.15) is 16.8 Å². The number of amides is 2. The highest BCUT2D eigenvalue weighted by molar-refractivity contribution is 7.89. The second-order valence-corrected chi connectivity index (χ2v) is 7.47. The number of carbonyl (C=O) groups excluding carboxylic acids is 2. The number of carbonyl (C=O) groups is 2. The lowest BCUT2D eigenvalue weighted by molar-refractivity contribution is -0.120.